The SMILES string of the molecule is C=CC(=O)Nc1cc2cccnc2c2ncccc12.C=CC(=O)Nc1cc2cccnc2c2ncccc12.O=[N+]([O-])[O-].O=[N+]([O-])[O-].[Ni+2]. The number of hydrogen-bond acceptors (Lipinski definition) is 12. The van der Waals surface area contributed by atoms with Crippen LogP contribution < -0.4 is 10.6 Å². The van der Waals surface area contributed by atoms with Crippen molar-refractivity contribution in [2.45, 2.75) is 0 Å². The van der Waals surface area contributed by atoms with Gasteiger partial charge in [-0.25, -0.2) is 0 Å². The van der Waals surface area contributed by atoms with Crippen molar-refractivity contribution in [1.29, 1.82) is 0 Å². The number of aromatic nitrogens is 4. The Balaban J connectivity index is 0.000000262. The molecule has 0 atom stereocenters. The summed E-state index contributed by atoms with van der Waals surface area (Å²) in [5.41, 5.74) is 4.64. The molecule has 0 fully saturated rings. The summed E-state index contributed by atoms with van der Waals surface area (Å²) in [6, 6.07) is 18.9. The van der Waals surface area contributed by atoms with Gasteiger partial charge < -0.3 is 41.3 Å². The number of fused-ring (bicyclic) bond motifs is 6. The van der Waals surface area contributed by atoms with E-state index in [1.165, 1.54) is 12.2 Å². The minimum Gasteiger partial charge on any atom is -0.356 e. The van der Waals surface area contributed by atoms with Crippen molar-refractivity contribution in [2.24, 2.45) is 0 Å². The van der Waals surface area contributed by atoms with Crippen LogP contribution >= 0.6 is 0 Å². The molecule has 2 N–H and O–H groups in total. The molecule has 2 amide bonds. The molecule has 2 aromatic carbocycles. The monoisotopic (exact) mass is 680 g/mol. The van der Waals surface area contributed by atoms with Crippen LogP contribution in [0.2, 0.25) is 0 Å². The van der Waals surface area contributed by atoms with E-state index >= 15 is 0 Å². The molecule has 0 bridgehead atoms. The Morgan fingerprint density at radius 1 is 0.596 bits per heavy atom. The molecular formula is C30H22N8NiO8. The number of pyridine rings is 4. The van der Waals surface area contributed by atoms with E-state index < -0.39 is 10.2 Å². The molecule has 0 aliphatic rings. The van der Waals surface area contributed by atoms with Gasteiger partial charge in [0.05, 0.1) is 43.6 Å². The quantitative estimate of drug-likeness (QED) is 0.0788. The molecule has 0 aliphatic heterocycles. The normalized spacial score (nSPS) is 9.53. The number of anilines is 2. The second kappa shape index (κ2) is 17.6. The predicted molar refractivity (Wildman–Crippen MR) is 172 cm³/mol. The Bertz CT molecular complexity index is 1940. The summed E-state index contributed by atoms with van der Waals surface area (Å²) in [4.78, 5) is 56.9. The molecule has 17 heteroatoms. The van der Waals surface area contributed by atoms with Crippen molar-refractivity contribution in [3.05, 3.63) is 141 Å². The maximum absolute atomic E-state index is 11.5. The second-order valence-electron chi connectivity index (χ2n) is 8.63. The summed E-state index contributed by atoms with van der Waals surface area (Å²) in [5.74, 6) is -0.484. The summed E-state index contributed by atoms with van der Waals surface area (Å²) >= 11 is 0. The van der Waals surface area contributed by atoms with Crippen LogP contribution in [0.15, 0.2) is 111 Å². The average Bonchev–Trinajstić information content (AvgIpc) is 3.04. The van der Waals surface area contributed by atoms with Gasteiger partial charge in [-0.2, -0.15) is 0 Å². The third kappa shape index (κ3) is 10.2. The zero-order chi connectivity index (χ0) is 33.6. The van der Waals surface area contributed by atoms with Crippen molar-refractivity contribution >= 4 is 66.8 Å². The van der Waals surface area contributed by atoms with Crippen LogP contribution in [-0.2, 0) is 26.1 Å². The van der Waals surface area contributed by atoms with Crippen molar-refractivity contribution in [3.63, 3.8) is 0 Å². The van der Waals surface area contributed by atoms with Gasteiger partial charge in [0.25, 0.3) is 0 Å². The molecule has 0 saturated carbocycles. The first-order valence-electron chi connectivity index (χ1n) is 12.8. The van der Waals surface area contributed by atoms with E-state index in [1.54, 1.807) is 24.8 Å². The van der Waals surface area contributed by atoms with Gasteiger partial charge in [-0.15, -0.1) is 0 Å². The first-order valence-corrected chi connectivity index (χ1v) is 12.8. The maximum Gasteiger partial charge on any atom is 2.00 e. The number of carbonyl (C=O) groups excluding carboxylic acids is 2. The van der Waals surface area contributed by atoms with Gasteiger partial charge in [-0.05, 0) is 60.7 Å². The number of nitrogens with one attached hydrogen (secondary N) is 2. The number of benzene rings is 2. The molecular weight excluding hydrogens is 659 g/mol. The largest absolute Gasteiger partial charge is 2.00 e. The summed E-state index contributed by atoms with van der Waals surface area (Å²) in [5, 5.41) is 38.7. The van der Waals surface area contributed by atoms with E-state index in [0.29, 0.717) is 11.4 Å². The summed E-state index contributed by atoms with van der Waals surface area (Å²) in [6.07, 6.45) is 9.40. The molecule has 0 aliphatic carbocycles. The molecule has 0 spiro atoms. The standard InChI is InChI=1S/2C15H11N3O.2NO3.Ni/c2*1-2-13(19)18-12-9-10-5-3-7-16-14(10)15-11(12)6-4-8-17-15;2*2-1(3)4;/h2*2-9H,1H2,(H,18,19);;;/q;;2*-1;+2. The number of carbonyl (C=O) groups is 2. The van der Waals surface area contributed by atoms with E-state index in [0.717, 1.165) is 43.6 Å². The van der Waals surface area contributed by atoms with Gasteiger partial charge in [-0.1, -0.05) is 25.3 Å². The van der Waals surface area contributed by atoms with Gasteiger partial charge >= 0.3 is 16.5 Å². The van der Waals surface area contributed by atoms with Gasteiger partial charge in [0, 0.05) is 46.3 Å². The number of rotatable bonds is 4. The molecule has 6 aromatic rings. The molecule has 0 radical (unpaired) electrons. The molecule has 47 heavy (non-hydrogen) atoms. The van der Waals surface area contributed by atoms with Crippen LogP contribution in [0.1, 0.15) is 0 Å². The topological polar surface area (TPSA) is 242 Å². The fourth-order valence-electron chi connectivity index (χ4n) is 4.13. The van der Waals surface area contributed by atoms with Gasteiger partial charge in [0.15, 0.2) is 0 Å². The summed E-state index contributed by atoms with van der Waals surface area (Å²) in [7, 11) is 0. The van der Waals surface area contributed by atoms with Gasteiger partial charge in [0.2, 0.25) is 11.8 Å². The van der Waals surface area contributed by atoms with E-state index in [2.05, 4.69) is 43.7 Å². The van der Waals surface area contributed by atoms with E-state index in [1.807, 2.05) is 60.7 Å². The zero-order valence-corrected chi connectivity index (χ0v) is 24.9. The smallest absolute Gasteiger partial charge is 0.356 e. The number of hydrogen-bond donors (Lipinski definition) is 2. The van der Waals surface area contributed by atoms with Gasteiger partial charge in [0.1, 0.15) is 0 Å². The Morgan fingerprint density at radius 3 is 1.21 bits per heavy atom. The fourth-order valence-corrected chi connectivity index (χ4v) is 4.13. The van der Waals surface area contributed by atoms with Crippen LogP contribution in [-0.4, -0.2) is 41.9 Å². The van der Waals surface area contributed by atoms with Crippen LogP contribution in [0, 0.1) is 30.6 Å². The summed E-state index contributed by atoms with van der Waals surface area (Å²) in [6.45, 7) is 6.92. The number of nitrogens with zero attached hydrogens (tertiary/aromatic N) is 6. The van der Waals surface area contributed by atoms with Crippen LogP contribution in [0.25, 0.3) is 43.6 Å². The van der Waals surface area contributed by atoms with E-state index in [4.69, 9.17) is 30.6 Å². The van der Waals surface area contributed by atoms with Crippen molar-refractivity contribution in [2.75, 3.05) is 10.6 Å². The van der Waals surface area contributed by atoms with Crippen LogP contribution in [0.5, 0.6) is 0 Å². The molecule has 240 valence electrons. The van der Waals surface area contributed by atoms with Crippen molar-refractivity contribution in [1.82, 2.24) is 19.9 Å². The fraction of sp³-hybridized carbons (Fsp3) is 0. The van der Waals surface area contributed by atoms with Crippen molar-refractivity contribution in [3.8, 4) is 0 Å². The Kier molecular flexibility index (Phi) is 13.7. The molecule has 16 nitrogen and oxygen atoms in total. The average molecular weight is 681 g/mol. The third-order valence-electron chi connectivity index (χ3n) is 5.81. The molecule has 4 aromatic heterocycles. The summed E-state index contributed by atoms with van der Waals surface area (Å²) < 4.78 is 0. The van der Waals surface area contributed by atoms with Crippen LogP contribution in [0.4, 0.5) is 11.4 Å². The maximum atomic E-state index is 11.5. The molecule has 0 unspecified atom stereocenters. The molecule has 6 rings (SSSR count). The predicted octanol–water partition coefficient (Wildman–Crippen LogP) is 5.33. The minimum atomic E-state index is -1.75. The Labute approximate surface area is 274 Å². The van der Waals surface area contributed by atoms with Crippen LogP contribution in [0.3, 0.4) is 0 Å². The van der Waals surface area contributed by atoms with E-state index in [9.17, 15) is 9.59 Å². The van der Waals surface area contributed by atoms with E-state index in [-0.39, 0.29) is 28.3 Å². The Hall–Kier alpha value is -6.61. The molecule has 0 saturated heterocycles. The number of amides is 2. The minimum absolute atomic E-state index is 0. The second-order valence-corrected chi connectivity index (χ2v) is 8.63. The Morgan fingerprint density at radius 2 is 0.894 bits per heavy atom. The molecule has 4 heterocycles. The first kappa shape index (κ1) is 36.6. The first-order chi connectivity index (χ1) is 22.0. The van der Waals surface area contributed by atoms with Crippen molar-refractivity contribution < 1.29 is 36.3 Å². The third-order valence-corrected chi connectivity index (χ3v) is 5.81. The zero-order valence-electron chi connectivity index (χ0n) is 23.9. The van der Waals surface area contributed by atoms with Gasteiger partial charge in [-0.3, -0.25) is 29.5 Å².